The Hall–Kier alpha value is -0.720. The summed E-state index contributed by atoms with van der Waals surface area (Å²) in [5, 5.41) is 5.20. The van der Waals surface area contributed by atoms with Crippen LogP contribution >= 0.6 is 0 Å². The van der Waals surface area contributed by atoms with Crippen molar-refractivity contribution < 1.29 is 17.4 Å². The van der Waals surface area contributed by atoms with E-state index < -0.39 is 10.3 Å². The lowest BCUT2D eigenvalue weighted by Gasteiger charge is -2.55. The summed E-state index contributed by atoms with van der Waals surface area (Å²) in [5.74, 6) is 2.79. The van der Waals surface area contributed by atoms with Crippen LogP contribution in [-0.4, -0.2) is 20.3 Å². The van der Waals surface area contributed by atoms with Gasteiger partial charge in [-0.1, -0.05) is 12.5 Å². The van der Waals surface area contributed by atoms with E-state index in [4.69, 9.17) is 9.32 Å². The van der Waals surface area contributed by atoms with Gasteiger partial charge in [0.15, 0.2) is 5.78 Å². The lowest BCUT2D eigenvalue weighted by molar-refractivity contribution is -0.116. The molecule has 3 unspecified atom stereocenters. The van der Waals surface area contributed by atoms with Gasteiger partial charge in [0.05, 0.1) is 6.10 Å². The summed E-state index contributed by atoms with van der Waals surface area (Å²) < 4.78 is 28.4. The van der Waals surface area contributed by atoms with Gasteiger partial charge in [0.1, 0.15) is 0 Å². The van der Waals surface area contributed by atoms with Crippen molar-refractivity contribution in [3.63, 3.8) is 0 Å². The lowest BCUT2D eigenvalue weighted by Crippen LogP contribution is -2.51. The molecule has 4 saturated carbocycles. The molecule has 0 aliphatic heterocycles. The van der Waals surface area contributed by atoms with E-state index in [-0.39, 0.29) is 16.9 Å². The second kappa shape index (κ2) is 4.96. The van der Waals surface area contributed by atoms with Gasteiger partial charge in [-0.25, -0.2) is 5.14 Å². The molecule has 5 aliphatic rings. The summed E-state index contributed by atoms with van der Waals surface area (Å²) in [5.41, 5.74) is 1.57. The van der Waals surface area contributed by atoms with Crippen LogP contribution in [0.15, 0.2) is 11.6 Å². The van der Waals surface area contributed by atoms with Gasteiger partial charge in [-0.05, 0) is 80.1 Å². The van der Waals surface area contributed by atoms with Crippen LogP contribution in [0.1, 0.15) is 58.3 Å². The van der Waals surface area contributed by atoms with E-state index in [1.54, 1.807) is 0 Å². The standard InChI is InChI=1S/C19H27NO4S/c1-18-7-6-15-14-4-3-13(21)8-11(14)2-5-16(15)19(18)10-12(19)9-17(18)24-25(20,22)23/h8,12,14-17H,2-7,9-10H2,1H3,(H2,20,22,23)/t12-,14?,15?,16?,17+,18-,19+/m1/s1. The number of rotatable bonds is 2. The van der Waals surface area contributed by atoms with Crippen LogP contribution in [-0.2, 0) is 19.3 Å². The minimum atomic E-state index is -3.90. The number of nitrogens with two attached hydrogens (primary N) is 1. The molecule has 0 aromatic heterocycles. The maximum atomic E-state index is 11.8. The Morgan fingerprint density at radius 3 is 2.80 bits per heavy atom. The minimum Gasteiger partial charge on any atom is -0.295 e. The number of carbonyl (C=O) groups is 1. The predicted molar refractivity (Wildman–Crippen MR) is 92.5 cm³/mol. The predicted octanol–water partition coefficient (Wildman–Crippen LogP) is 2.72. The van der Waals surface area contributed by atoms with E-state index in [1.807, 2.05) is 6.08 Å². The van der Waals surface area contributed by atoms with Crippen molar-refractivity contribution in [3.05, 3.63) is 11.6 Å². The summed E-state index contributed by atoms with van der Waals surface area (Å²) >= 11 is 0. The molecule has 138 valence electrons. The van der Waals surface area contributed by atoms with Crippen molar-refractivity contribution in [1.82, 2.24) is 0 Å². The Balaban J connectivity index is 1.47. The van der Waals surface area contributed by atoms with Crippen molar-refractivity contribution in [3.8, 4) is 0 Å². The van der Waals surface area contributed by atoms with Crippen molar-refractivity contribution in [1.29, 1.82) is 0 Å². The van der Waals surface area contributed by atoms with Crippen molar-refractivity contribution in [2.45, 2.75) is 64.4 Å². The van der Waals surface area contributed by atoms with Crippen LogP contribution in [0.2, 0.25) is 0 Å². The highest BCUT2D eigenvalue weighted by Crippen LogP contribution is 2.82. The van der Waals surface area contributed by atoms with Gasteiger partial charge in [0.25, 0.3) is 0 Å². The second-order valence-electron chi connectivity index (χ2n) is 9.35. The fourth-order valence-electron chi connectivity index (χ4n) is 7.68. The zero-order valence-electron chi connectivity index (χ0n) is 14.7. The van der Waals surface area contributed by atoms with Crippen LogP contribution in [0, 0.1) is 34.5 Å². The molecule has 7 atom stereocenters. The molecule has 25 heavy (non-hydrogen) atoms. The molecule has 0 amide bonds. The minimum absolute atomic E-state index is 0.0724. The Bertz CT molecular complexity index is 774. The topological polar surface area (TPSA) is 86.5 Å². The van der Waals surface area contributed by atoms with E-state index in [0.717, 1.165) is 38.5 Å². The van der Waals surface area contributed by atoms with Gasteiger partial charge in [-0.2, -0.15) is 8.42 Å². The van der Waals surface area contributed by atoms with Gasteiger partial charge < -0.3 is 0 Å². The van der Waals surface area contributed by atoms with Gasteiger partial charge in [0, 0.05) is 11.8 Å². The summed E-state index contributed by atoms with van der Waals surface area (Å²) in [6, 6.07) is 0. The molecule has 5 aliphatic carbocycles. The highest BCUT2D eigenvalue weighted by molar-refractivity contribution is 7.84. The second-order valence-corrected chi connectivity index (χ2v) is 10.5. The summed E-state index contributed by atoms with van der Waals surface area (Å²) in [6.45, 7) is 2.25. The first-order valence-corrected chi connectivity index (χ1v) is 11.2. The van der Waals surface area contributed by atoms with E-state index in [1.165, 1.54) is 12.0 Å². The Kier molecular flexibility index (Phi) is 3.26. The largest absolute Gasteiger partial charge is 0.333 e. The molecule has 6 heteroatoms. The third kappa shape index (κ3) is 2.13. The average Bonchev–Trinajstić information content (AvgIpc) is 3.18. The zero-order valence-corrected chi connectivity index (χ0v) is 15.6. The van der Waals surface area contributed by atoms with Gasteiger partial charge in [-0.15, -0.1) is 0 Å². The smallest absolute Gasteiger partial charge is 0.295 e. The van der Waals surface area contributed by atoms with E-state index >= 15 is 0 Å². The molecule has 4 fully saturated rings. The van der Waals surface area contributed by atoms with Gasteiger partial charge >= 0.3 is 10.3 Å². The average molecular weight is 365 g/mol. The van der Waals surface area contributed by atoms with Crippen molar-refractivity contribution in [2.75, 3.05) is 0 Å². The van der Waals surface area contributed by atoms with Gasteiger partial charge in [-0.3, -0.25) is 8.98 Å². The summed E-state index contributed by atoms with van der Waals surface area (Å²) in [7, 11) is -3.90. The van der Waals surface area contributed by atoms with Crippen molar-refractivity contribution in [2.24, 2.45) is 39.6 Å². The Morgan fingerprint density at radius 2 is 2.04 bits per heavy atom. The molecule has 0 heterocycles. The fourth-order valence-corrected chi connectivity index (χ4v) is 8.29. The van der Waals surface area contributed by atoms with Crippen LogP contribution in [0.4, 0.5) is 0 Å². The molecule has 5 rings (SSSR count). The quantitative estimate of drug-likeness (QED) is 0.815. The van der Waals surface area contributed by atoms with Crippen LogP contribution in [0.25, 0.3) is 0 Å². The Morgan fingerprint density at radius 1 is 1.24 bits per heavy atom. The van der Waals surface area contributed by atoms with Crippen LogP contribution in [0.3, 0.4) is 0 Å². The summed E-state index contributed by atoms with van der Waals surface area (Å²) in [4.78, 5) is 11.8. The number of allylic oxidation sites excluding steroid dienone is 1. The molecule has 2 N–H and O–H groups in total. The number of hydrogen-bond donors (Lipinski definition) is 1. The first-order valence-electron chi connectivity index (χ1n) is 9.69. The number of fused-ring (bicyclic) bond motifs is 3. The number of hydrogen-bond acceptors (Lipinski definition) is 4. The van der Waals surface area contributed by atoms with Crippen LogP contribution in [0.5, 0.6) is 0 Å². The molecule has 0 bridgehead atoms. The molecule has 0 aromatic carbocycles. The monoisotopic (exact) mass is 365 g/mol. The van der Waals surface area contributed by atoms with Crippen molar-refractivity contribution >= 4 is 16.1 Å². The molecule has 1 spiro atoms. The van der Waals surface area contributed by atoms with Crippen LogP contribution < -0.4 is 5.14 Å². The van der Waals surface area contributed by atoms with E-state index in [9.17, 15) is 13.2 Å². The third-order valence-corrected chi connectivity index (χ3v) is 9.14. The maximum absolute atomic E-state index is 11.8. The highest BCUT2D eigenvalue weighted by Gasteiger charge is 2.77. The first-order chi connectivity index (χ1) is 11.7. The summed E-state index contributed by atoms with van der Waals surface area (Å²) in [6.07, 6.45) is 9.77. The maximum Gasteiger partial charge on any atom is 0.333 e. The molecular weight excluding hydrogens is 338 g/mol. The molecule has 0 saturated heterocycles. The normalized spacial score (nSPS) is 51.0. The first kappa shape index (κ1) is 16.5. The Labute approximate surface area is 149 Å². The zero-order chi connectivity index (χ0) is 17.6. The fraction of sp³-hybridized carbons (Fsp3) is 0.842. The molecule has 5 nitrogen and oxygen atoms in total. The number of ketones is 1. The molecular formula is C19H27NO4S. The lowest BCUT2D eigenvalue weighted by atomic mass is 9.49. The third-order valence-electron chi connectivity index (χ3n) is 8.64. The molecule has 0 radical (unpaired) electrons. The SMILES string of the molecule is C[C@]12CCC3C4CCC(=O)C=C4CCC3[C@@]13C[C@H]3C[C@@H]2OS(N)(=O)=O. The number of carbonyl (C=O) groups excluding carboxylic acids is 1. The van der Waals surface area contributed by atoms with E-state index in [0.29, 0.717) is 35.9 Å². The van der Waals surface area contributed by atoms with Gasteiger partial charge in [0.2, 0.25) is 0 Å². The molecule has 0 aromatic rings. The van der Waals surface area contributed by atoms with E-state index in [2.05, 4.69) is 6.92 Å². The highest BCUT2D eigenvalue weighted by atomic mass is 32.2.